The van der Waals surface area contributed by atoms with Crippen LogP contribution in [0.5, 0.6) is 0 Å². The zero-order chi connectivity index (χ0) is 14.9. The van der Waals surface area contributed by atoms with E-state index in [1.807, 2.05) is 30.3 Å². The third kappa shape index (κ3) is 5.38. The van der Waals surface area contributed by atoms with Crippen molar-refractivity contribution in [3.8, 4) is 0 Å². The lowest BCUT2D eigenvalue weighted by Gasteiger charge is -2.12. The Bertz CT molecular complexity index is 421. The van der Waals surface area contributed by atoms with Crippen LogP contribution in [-0.4, -0.2) is 36.8 Å². The maximum Gasteiger partial charge on any atom is 0.410 e. The number of unbranched alkanes of at least 4 members (excludes halogenated alkanes) is 3. The Kier molecular flexibility index (Phi) is 6.54. The first-order valence-corrected chi connectivity index (χ1v) is 7.87. The summed E-state index contributed by atoms with van der Waals surface area (Å²) in [5.74, 6) is 0. The van der Waals surface area contributed by atoms with Crippen LogP contribution in [0.2, 0.25) is 0 Å². The van der Waals surface area contributed by atoms with E-state index in [9.17, 15) is 4.79 Å². The van der Waals surface area contributed by atoms with Crippen LogP contribution in [-0.2, 0) is 16.1 Å². The number of hydrogen-bond acceptors (Lipinski definition) is 3. The number of cyclic esters (lactones) is 1. The van der Waals surface area contributed by atoms with Gasteiger partial charge in [-0.25, -0.2) is 4.79 Å². The van der Waals surface area contributed by atoms with Crippen molar-refractivity contribution in [3.63, 3.8) is 0 Å². The van der Waals surface area contributed by atoms with Crippen molar-refractivity contribution in [1.29, 1.82) is 0 Å². The molecule has 0 N–H and O–H groups in total. The molecule has 0 radical (unpaired) electrons. The zero-order valence-electron chi connectivity index (χ0n) is 12.8. The van der Waals surface area contributed by atoms with Crippen molar-refractivity contribution >= 4 is 6.09 Å². The summed E-state index contributed by atoms with van der Waals surface area (Å²) in [6.45, 7) is 4.66. The average molecular weight is 291 g/mol. The molecule has 1 saturated heterocycles. The standard InChI is InChI=1S/C17H25NO3/c1-2-3-4-8-11-18-12-16(21-17(18)19)14-20-13-15-9-6-5-7-10-15/h5-7,9-10,16H,2-4,8,11-14H2,1H3/t16-/m0/s1. The van der Waals surface area contributed by atoms with Gasteiger partial charge in [0.15, 0.2) is 0 Å². The van der Waals surface area contributed by atoms with Crippen LogP contribution in [0.3, 0.4) is 0 Å². The van der Waals surface area contributed by atoms with Gasteiger partial charge in [0.1, 0.15) is 6.10 Å². The Morgan fingerprint density at radius 3 is 2.81 bits per heavy atom. The van der Waals surface area contributed by atoms with Crippen LogP contribution in [0.25, 0.3) is 0 Å². The molecule has 0 bridgehead atoms. The fourth-order valence-corrected chi connectivity index (χ4v) is 2.46. The number of carbonyl (C=O) groups excluding carboxylic acids is 1. The van der Waals surface area contributed by atoms with Crippen molar-refractivity contribution < 1.29 is 14.3 Å². The summed E-state index contributed by atoms with van der Waals surface area (Å²) in [6.07, 6.45) is 4.34. The smallest absolute Gasteiger partial charge is 0.410 e. The highest BCUT2D eigenvalue weighted by molar-refractivity contribution is 5.69. The summed E-state index contributed by atoms with van der Waals surface area (Å²) in [4.78, 5) is 13.5. The Morgan fingerprint density at radius 2 is 2.05 bits per heavy atom. The van der Waals surface area contributed by atoms with Crippen LogP contribution < -0.4 is 0 Å². The van der Waals surface area contributed by atoms with Crippen molar-refractivity contribution in [2.24, 2.45) is 0 Å². The molecule has 116 valence electrons. The number of ether oxygens (including phenoxy) is 2. The molecule has 21 heavy (non-hydrogen) atoms. The van der Waals surface area contributed by atoms with Crippen molar-refractivity contribution in [2.75, 3.05) is 19.7 Å². The first kappa shape index (κ1) is 15.8. The maximum absolute atomic E-state index is 11.7. The topological polar surface area (TPSA) is 38.8 Å². The van der Waals surface area contributed by atoms with E-state index in [1.165, 1.54) is 19.3 Å². The average Bonchev–Trinajstić information content (AvgIpc) is 2.85. The van der Waals surface area contributed by atoms with E-state index in [0.29, 0.717) is 19.8 Å². The fourth-order valence-electron chi connectivity index (χ4n) is 2.46. The molecule has 1 aliphatic heterocycles. The molecule has 0 unspecified atom stereocenters. The monoisotopic (exact) mass is 291 g/mol. The highest BCUT2D eigenvalue weighted by atomic mass is 16.6. The Hall–Kier alpha value is -1.55. The van der Waals surface area contributed by atoms with Crippen LogP contribution in [0.15, 0.2) is 30.3 Å². The molecular weight excluding hydrogens is 266 g/mol. The molecular formula is C17H25NO3. The molecule has 4 heteroatoms. The highest BCUT2D eigenvalue weighted by Crippen LogP contribution is 2.14. The molecule has 1 amide bonds. The van der Waals surface area contributed by atoms with Gasteiger partial charge in [-0.3, -0.25) is 0 Å². The molecule has 0 aromatic heterocycles. The predicted molar refractivity (Wildman–Crippen MR) is 82.1 cm³/mol. The minimum atomic E-state index is -0.195. The van der Waals surface area contributed by atoms with Crippen molar-refractivity contribution in [3.05, 3.63) is 35.9 Å². The molecule has 1 aromatic carbocycles. The van der Waals surface area contributed by atoms with E-state index in [4.69, 9.17) is 9.47 Å². The number of nitrogens with zero attached hydrogens (tertiary/aromatic N) is 1. The minimum Gasteiger partial charge on any atom is -0.442 e. The van der Waals surface area contributed by atoms with Crippen LogP contribution in [0.4, 0.5) is 4.79 Å². The van der Waals surface area contributed by atoms with Gasteiger partial charge in [0.2, 0.25) is 0 Å². The summed E-state index contributed by atoms with van der Waals surface area (Å²) in [7, 11) is 0. The lowest BCUT2D eigenvalue weighted by molar-refractivity contribution is 0.0381. The lowest BCUT2D eigenvalue weighted by Crippen LogP contribution is -2.27. The minimum absolute atomic E-state index is 0.132. The van der Waals surface area contributed by atoms with E-state index in [-0.39, 0.29) is 12.2 Å². The van der Waals surface area contributed by atoms with E-state index in [1.54, 1.807) is 4.90 Å². The molecule has 0 aliphatic carbocycles. The zero-order valence-corrected chi connectivity index (χ0v) is 12.8. The molecule has 1 aromatic rings. The third-order valence-electron chi connectivity index (χ3n) is 3.65. The number of amides is 1. The van der Waals surface area contributed by atoms with Gasteiger partial charge in [-0.2, -0.15) is 0 Å². The predicted octanol–water partition coefficient (Wildman–Crippen LogP) is 3.60. The van der Waals surface area contributed by atoms with Crippen molar-refractivity contribution in [2.45, 2.75) is 45.3 Å². The van der Waals surface area contributed by atoms with Crippen LogP contribution in [0.1, 0.15) is 38.2 Å². The van der Waals surface area contributed by atoms with Gasteiger partial charge < -0.3 is 14.4 Å². The second-order valence-electron chi connectivity index (χ2n) is 5.51. The largest absolute Gasteiger partial charge is 0.442 e. The molecule has 2 rings (SSSR count). The maximum atomic E-state index is 11.7. The number of hydrogen-bond donors (Lipinski definition) is 0. The SMILES string of the molecule is CCCCCCN1C[C@@H](COCc2ccccc2)OC1=O. The van der Waals surface area contributed by atoms with Gasteiger partial charge in [0, 0.05) is 6.54 Å². The number of rotatable bonds is 9. The van der Waals surface area contributed by atoms with Gasteiger partial charge in [0.25, 0.3) is 0 Å². The highest BCUT2D eigenvalue weighted by Gasteiger charge is 2.30. The van der Waals surface area contributed by atoms with E-state index in [2.05, 4.69) is 6.92 Å². The fraction of sp³-hybridized carbons (Fsp3) is 0.588. The van der Waals surface area contributed by atoms with E-state index in [0.717, 1.165) is 18.5 Å². The second kappa shape index (κ2) is 8.67. The number of benzene rings is 1. The molecule has 1 atom stereocenters. The first-order valence-electron chi connectivity index (χ1n) is 7.87. The molecule has 0 spiro atoms. The summed E-state index contributed by atoms with van der Waals surface area (Å²) >= 11 is 0. The number of carbonyl (C=O) groups is 1. The van der Waals surface area contributed by atoms with Gasteiger partial charge in [-0.1, -0.05) is 56.5 Å². The second-order valence-corrected chi connectivity index (χ2v) is 5.51. The van der Waals surface area contributed by atoms with E-state index < -0.39 is 0 Å². The quantitative estimate of drug-likeness (QED) is 0.652. The summed E-state index contributed by atoms with van der Waals surface area (Å²) in [5.41, 5.74) is 1.14. The molecule has 1 heterocycles. The summed E-state index contributed by atoms with van der Waals surface area (Å²) in [5, 5.41) is 0. The molecule has 4 nitrogen and oxygen atoms in total. The molecule has 1 fully saturated rings. The van der Waals surface area contributed by atoms with Gasteiger partial charge in [-0.05, 0) is 12.0 Å². The van der Waals surface area contributed by atoms with Crippen LogP contribution in [0, 0.1) is 0 Å². The van der Waals surface area contributed by atoms with Gasteiger partial charge in [0.05, 0.1) is 19.8 Å². The summed E-state index contributed by atoms with van der Waals surface area (Å²) in [6, 6.07) is 10.0. The lowest BCUT2D eigenvalue weighted by atomic mass is 10.2. The van der Waals surface area contributed by atoms with Crippen molar-refractivity contribution in [1.82, 2.24) is 4.90 Å². The third-order valence-corrected chi connectivity index (χ3v) is 3.65. The Labute approximate surface area is 127 Å². The molecule has 0 saturated carbocycles. The Balaban J connectivity index is 1.63. The van der Waals surface area contributed by atoms with Gasteiger partial charge in [-0.15, -0.1) is 0 Å². The van der Waals surface area contributed by atoms with Gasteiger partial charge >= 0.3 is 6.09 Å². The normalized spacial score (nSPS) is 18.0. The van der Waals surface area contributed by atoms with Crippen LogP contribution >= 0.6 is 0 Å². The first-order chi connectivity index (χ1) is 10.3. The molecule has 1 aliphatic rings. The van der Waals surface area contributed by atoms with E-state index >= 15 is 0 Å². The summed E-state index contributed by atoms with van der Waals surface area (Å²) < 4.78 is 11.0. The Morgan fingerprint density at radius 1 is 1.24 bits per heavy atom.